The molecule has 4 N–H and O–H groups in total. The van der Waals surface area contributed by atoms with Crippen LogP contribution in [0.4, 0.5) is 4.79 Å². The molecule has 0 aromatic rings. The van der Waals surface area contributed by atoms with Crippen LogP contribution in [0.5, 0.6) is 0 Å². The highest BCUT2D eigenvalue weighted by molar-refractivity contribution is 5.74. The Balaban J connectivity index is 4.01. The van der Waals surface area contributed by atoms with Crippen molar-refractivity contribution in [1.29, 1.82) is 0 Å². The van der Waals surface area contributed by atoms with Crippen LogP contribution < -0.4 is 5.32 Å². The van der Waals surface area contributed by atoms with Gasteiger partial charge in [0.25, 0.3) is 0 Å². The number of carbonyl (C=O) groups is 2. The van der Waals surface area contributed by atoms with Gasteiger partial charge in [0.05, 0.1) is 19.1 Å². The highest BCUT2D eigenvalue weighted by Crippen LogP contribution is 2.09. The Morgan fingerprint density at radius 1 is 1.10 bits per heavy atom. The summed E-state index contributed by atoms with van der Waals surface area (Å²) < 4.78 is 0. The SMILES string of the molecule is CC(CCCC(C)C(=O)O)NC(=O)N(CCO)CCO. The normalized spacial score (nSPS) is 13.6. The second-order valence-electron chi connectivity index (χ2n) is 4.95. The van der Waals surface area contributed by atoms with E-state index in [0.29, 0.717) is 12.8 Å². The Morgan fingerprint density at radius 3 is 2.10 bits per heavy atom. The van der Waals surface area contributed by atoms with Crippen molar-refractivity contribution in [2.45, 2.75) is 39.2 Å². The van der Waals surface area contributed by atoms with Crippen LogP contribution in [0.2, 0.25) is 0 Å². The van der Waals surface area contributed by atoms with E-state index in [1.807, 2.05) is 6.92 Å². The molecular formula is C13H26N2O5. The number of aliphatic carboxylic acids is 1. The highest BCUT2D eigenvalue weighted by atomic mass is 16.4. The van der Waals surface area contributed by atoms with Gasteiger partial charge in [-0.05, 0) is 19.8 Å². The fourth-order valence-electron chi connectivity index (χ4n) is 1.78. The summed E-state index contributed by atoms with van der Waals surface area (Å²) in [6.45, 7) is 3.55. The zero-order valence-corrected chi connectivity index (χ0v) is 12.2. The number of nitrogens with one attached hydrogen (secondary N) is 1. The number of aliphatic hydroxyl groups is 2. The molecule has 7 heteroatoms. The van der Waals surface area contributed by atoms with E-state index in [1.165, 1.54) is 4.90 Å². The molecule has 0 aliphatic heterocycles. The number of urea groups is 1. The smallest absolute Gasteiger partial charge is 0.317 e. The molecule has 0 saturated heterocycles. The van der Waals surface area contributed by atoms with Gasteiger partial charge in [-0.2, -0.15) is 0 Å². The van der Waals surface area contributed by atoms with Gasteiger partial charge in [0.2, 0.25) is 0 Å². The summed E-state index contributed by atoms with van der Waals surface area (Å²) in [7, 11) is 0. The van der Waals surface area contributed by atoms with Crippen LogP contribution in [0.25, 0.3) is 0 Å². The molecule has 0 aromatic heterocycles. The third-order valence-electron chi connectivity index (χ3n) is 3.09. The molecule has 0 spiro atoms. The molecule has 2 unspecified atom stereocenters. The Hall–Kier alpha value is -1.34. The van der Waals surface area contributed by atoms with E-state index in [4.69, 9.17) is 15.3 Å². The van der Waals surface area contributed by atoms with Gasteiger partial charge in [0, 0.05) is 19.1 Å². The van der Waals surface area contributed by atoms with E-state index in [-0.39, 0.29) is 44.3 Å². The maximum absolute atomic E-state index is 11.8. The topological polar surface area (TPSA) is 110 Å². The van der Waals surface area contributed by atoms with Gasteiger partial charge in [0.1, 0.15) is 0 Å². The molecule has 0 rings (SSSR count). The van der Waals surface area contributed by atoms with Gasteiger partial charge >= 0.3 is 12.0 Å². The molecule has 0 bridgehead atoms. The zero-order valence-electron chi connectivity index (χ0n) is 12.2. The lowest BCUT2D eigenvalue weighted by atomic mass is 10.0. The minimum Gasteiger partial charge on any atom is -0.481 e. The third kappa shape index (κ3) is 7.96. The molecule has 7 nitrogen and oxygen atoms in total. The Kier molecular flexibility index (Phi) is 9.75. The quantitative estimate of drug-likeness (QED) is 0.461. The summed E-state index contributed by atoms with van der Waals surface area (Å²) in [6.07, 6.45) is 1.98. The van der Waals surface area contributed by atoms with E-state index in [1.54, 1.807) is 6.92 Å². The van der Waals surface area contributed by atoms with Crippen molar-refractivity contribution in [2.24, 2.45) is 5.92 Å². The summed E-state index contributed by atoms with van der Waals surface area (Å²) >= 11 is 0. The minimum atomic E-state index is -0.807. The molecule has 20 heavy (non-hydrogen) atoms. The number of carboxylic acid groups (broad SMARTS) is 1. The van der Waals surface area contributed by atoms with E-state index >= 15 is 0 Å². The van der Waals surface area contributed by atoms with Crippen molar-refractivity contribution in [3.8, 4) is 0 Å². The molecule has 0 aliphatic carbocycles. The lowest BCUT2D eigenvalue weighted by Gasteiger charge is -2.24. The molecule has 0 fully saturated rings. The summed E-state index contributed by atoms with van der Waals surface area (Å²) in [4.78, 5) is 23.8. The van der Waals surface area contributed by atoms with Crippen LogP contribution in [-0.4, -0.2) is 64.6 Å². The second kappa shape index (κ2) is 10.4. The van der Waals surface area contributed by atoms with Crippen LogP contribution in [-0.2, 0) is 4.79 Å². The van der Waals surface area contributed by atoms with Crippen molar-refractivity contribution < 1.29 is 24.9 Å². The van der Waals surface area contributed by atoms with Gasteiger partial charge < -0.3 is 25.5 Å². The minimum absolute atomic E-state index is 0.0802. The summed E-state index contributed by atoms with van der Waals surface area (Å²) in [5.41, 5.74) is 0. The van der Waals surface area contributed by atoms with E-state index in [9.17, 15) is 9.59 Å². The maximum atomic E-state index is 11.8. The number of carbonyl (C=O) groups excluding carboxylic acids is 1. The lowest BCUT2D eigenvalue weighted by Crippen LogP contribution is -2.46. The van der Waals surface area contributed by atoms with Gasteiger partial charge in [0.15, 0.2) is 0 Å². The van der Waals surface area contributed by atoms with Crippen molar-refractivity contribution in [1.82, 2.24) is 10.2 Å². The molecular weight excluding hydrogens is 264 g/mol. The van der Waals surface area contributed by atoms with Gasteiger partial charge in [-0.3, -0.25) is 4.79 Å². The fraction of sp³-hybridized carbons (Fsp3) is 0.846. The number of amides is 2. The molecule has 2 atom stereocenters. The fourth-order valence-corrected chi connectivity index (χ4v) is 1.78. The van der Waals surface area contributed by atoms with Crippen molar-refractivity contribution >= 4 is 12.0 Å². The van der Waals surface area contributed by atoms with Gasteiger partial charge in [-0.15, -0.1) is 0 Å². The average Bonchev–Trinajstić information content (AvgIpc) is 2.38. The lowest BCUT2D eigenvalue weighted by molar-refractivity contribution is -0.141. The molecule has 0 heterocycles. The third-order valence-corrected chi connectivity index (χ3v) is 3.09. The van der Waals surface area contributed by atoms with E-state index in [0.717, 1.165) is 6.42 Å². The number of hydrogen-bond acceptors (Lipinski definition) is 4. The molecule has 118 valence electrons. The van der Waals surface area contributed by atoms with E-state index < -0.39 is 5.97 Å². The standard InChI is InChI=1S/C13H26N2O5/c1-10(12(18)19)4-3-5-11(2)14-13(20)15(6-8-16)7-9-17/h10-11,16-17H,3-9H2,1-2H3,(H,14,20)(H,18,19). The predicted molar refractivity (Wildman–Crippen MR) is 74.4 cm³/mol. The largest absolute Gasteiger partial charge is 0.481 e. The first kappa shape index (κ1) is 18.7. The Labute approximate surface area is 119 Å². The number of hydrogen-bond donors (Lipinski definition) is 4. The summed E-state index contributed by atoms with van der Waals surface area (Å²) in [5, 5.41) is 29.2. The number of nitrogens with zero attached hydrogens (tertiary/aromatic N) is 1. The first-order valence-corrected chi connectivity index (χ1v) is 6.92. The summed E-state index contributed by atoms with van der Waals surface area (Å²) in [5.74, 6) is -1.18. The molecule has 0 saturated carbocycles. The Bertz CT molecular complexity index is 292. The first-order valence-electron chi connectivity index (χ1n) is 6.92. The predicted octanol–water partition coefficient (Wildman–Crippen LogP) is 0.262. The van der Waals surface area contributed by atoms with Crippen LogP contribution in [0, 0.1) is 5.92 Å². The van der Waals surface area contributed by atoms with Crippen molar-refractivity contribution in [3.63, 3.8) is 0 Å². The van der Waals surface area contributed by atoms with Crippen molar-refractivity contribution in [3.05, 3.63) is 0 Å². The van der Waals surface area contributed by atoms with Crippen LogP contribution in [0.1, 0.15) is 33.1 Å². The van der Waals surface area contributed by atoms with Crippen LogP contribution in [0.15, 0.2) is 0 Å². The zero-order chi connectivity index (χ0) is 15.5. The molecule has 0 radical (unpaired) electrons. The molecule has 2 amide bonds. The number of rotatable bonds is 10. The average molecular weight is 290 g/mol. The van der Waals surface area contributed by atoms with Crippen LogP contribution >= 0.6 is 0 Å². The molecule has 0 aliphatic rings. The maximum Gasteiger partial charge on any atom is 0.317 e. The number of carboxylic acids is 1. The van der Waals surface area contributed by atoms with Crippen LogP contribution in [0.3, 0.4) is 0 Å². The van der Waals surface area contributed by atoms with Crippen molar-refractivity contribution in [2.75, 3.05) is 26.3 Å². The van der Waals surface area contributed by atoms with E-state index in [2.05, 4.69) is 5.32 Å². The highest BCUT2D eigenvalue weighted by Gasteiger charge is 2.15. The second-order valence-corrected chi connectivity index (χ2v) is 4.95. The first-order chi connectivity index (χ1) is 9.42. The molecule has 0 aromatic carbocycles. The monoisotopic (exact) mass is 290 g/mol. The van der Waals surface area contributed by atoms with Gasteiger partial charge in [-0.1, -0.05) is 13.3 Å². The van der Waals surface area contributed by atoms with Gasteiger partial charge in [-0.25, -0.2) is 4.79 Å². The summed E-state index contributed by atoms with van der Waals surface area (Å²) in [6, 6.07) is -0.407. The Morgan fingerprint density at radius 2 is 1.65 bits per heavy atom. The number of aliphatic hydroxyl groups excluding tert-OH is 2.